The third kappa shape index (κ3) is 16.0. The molecule has 2 heteroatoms. The minimum Gasteiger partial charge on any atom is -0.300 e. The van der Waals surface area contributed by atoms with Crippen LogP contribution < -0.4 is 0 Å². The largest absolute Gasteiger partial charge is 0.300 e. The first-order valence-corrected chi connectivity index (χ1v) is 6.10. The lowest BCUT2D eigenvalue weighted by atomic mass is 9.99. The molecule has 0 fully saturated rings. The topological polar surface area (TPSA) is 34.1 Å². The van der Waals surface area contributed by atoms with Crippen LogP contribution in [0.3, 0.4) is 0 Å². The summed E-state index contributed by atoms with van der Waals surface area (Å²) in [6.07, 6.45) is 1.91. The molecule has 0 aliphatic heterocycles. The molecular weight excluding hydrogens is 188 g/mol. The van der Waals surface area contributed by atoms with Gasteiger partial charge in [0, 0.05) is 18.8 Å². The molecule has 0 aromatic rings. The van der Waals surface area contributed by atoms with E-state index >= 15 is 0 Å². The van der Waals surface area contributed by atoms with Gasteiger partial charge in [0.05, 0.1) is 0 Å². The molecule has 0 N–H and O–H groups in total. The summed E-state index contributed by atoms with van der Waals surface area (Å²) in [6.45, 7) is 13.3. The second kappa shape index (κ2) is 15.8. The Bertz CT molecular complexity index is 151. The van der Waals surface area contributed by atoms with Gasteiger partial charge in [-0.05, 0) is 13.3 Å². The number of Topliss-reactive ketones (excluding diaryl/α,β-unsaturated/α-hetero) is 2. The molecule has 0 bridgehead atoms. The average Bonchev–Trinajstić information content (AvgIpc) is 2.24. The smallest absolute Gasteiger partial charge is 0.133 e. The zero-order chi connectivity index (χ0) is 12.9. The van der Waals surface area contributed by atoms with Crippen molar-refractivity contribution in [2.24, 2.45) is 5.92 Å². The third-order valence-corrected chi connectivity index (χ3v) is 1.76. The second-order valence-corrected chi connectivity index (χ2v) is 3.00. The lowest BCUT2D eigenvalue weighted by Crippen LogP contribution is -2.11. The van der Waals surface area contributed by atoms with Crippen LogP contribution in [0.5, 0.6) is 0 Å². The van der Waals surface area contributed by atoms with Crippen molar-refractivity contribution in [2.75, 3.05) is 0 Å². The highest BCUT2D eigenvalue weighted by Gasteiger charge is 2.11. The summed E-state index contributed by atoms with van der Waals surface area (Å²) in [5, 5.41) is 0. The van der Waals surface area contributed by atoms with Crippen LogP contribution in [-0.4, -0.2) is 11.6 Å². The molecule has 0 amide bonds. The normalized spacial score (nSPS) is 10.1. The highest BCUT2D eigenvalue weighted by molar-refractivity contribution is 5.86. The predicted molar refractivity (Wildman–Crippen MR) is 67.1 cm³/mol. The minimum absolute atomic E-state index is 0.0888. The van der Waals surface area contributed by atoms with Crippen LogP contribution in [-0.2, 0) is 9.59 Å². The molecule has 0 rings (SSSR count). The lowest BCUT2D eigenvalue weighted by Gasteiger charge is -2.04. The van der Waals surface area contributed by atoms with Gasteiger partial charge in [0.25, 0.3) is 0 Å². The van der Waals surface area contributed by atoms with Gasteiger partial charge in [-0.3, -0.25) is 9.59 Å². The molecule has 2 nitrogen and oxygen atoms in total. The fourth-order valence-corrected chi connectivity index (χ4v) is 0.866. The summed E-state index contributed by atoms with van der Waals surface area (Å²) in [5.74, 6) is 0.221. The second-order valence-electron chi connectivity index (χ2n) is 3.00. The van der Waals surface area contributed by atoms with Gasteiger partial charge in [-0.2, -0.15) is 0 Å². The van der Waals surface area contributed by atoms with Crippen LogP contribution in [0.1, 0.15) is 67.7 Å². The fourth-order valence-electron chi connectivity index (χ4n) is 0.866. The molecule has 0 aromatic heterocycles. The molecule has 0 heterocycles. The molecule has 0 spiro atoms. The van der Waals surface area contributed by atoms with Gasteiger partial charge in [0.1, 0.15) is 11.6 Å². The average molecular weight is 216 g/mol. The van der Waals surface area contributed by atoms with Crippen LogP contribution in [0, 0.1) is 5.92 Å². The quantitative estimate of drug-likeness (QED) is 0.695. The van der Waals surface area contributed by atoms with E-state index in [1.54, 1.807) is 6.92 Å². The first-order valence-electron chi connectivity index (χ1n) is 6.10. The Kier molecular flexibility index (Phi) is 20.9. The zero-order valence-electron chi connectivity index (χ0n) is 11.5. The highest BCUT2D eigenvalue weighted by Crippen LogP contribution is 2.06. The number of hydrogen-bond donors (Lipinski definition) is 0. The summed E-state index contributed by atoms with van der Waals surface area (Å²) >= 11 is 0. The van der Waals surface area contributed by atoms with Crippen LogP contribution in [0.25, 0.3) is 0 Å². The summed E-state index contributed by atoms with van der Waals surface area (Å²) in [5.41, 5.74) is 0. The van der Waals surface area contributed by atoms with E-state index in [0.717, 1.165) is 6.42 Å². The SMILES string of the molecule is CC.CC.CCCC(=O)CC(C)C(C)=O. The Morgan fingerprint density at radius 1 is 1.07 bits per heavy atom. The van der Waals surface area contributed by atoms with Crippen molar-refractivity contribution in [1.82, 2.24) is 0 Å². The maximum atomic E-state index is 11.0. The first kappa shape index (κ1) is 19.8. The Balaban J connectivity index is -0.000000318. The van der Waals surface area contributed by atoms with Crippen molar-refractivity contribution >= 4 is 11.6 Å². The standard InChI is InChI=1S/C9H16O2.2C2H6/c1-4-5-9(11)6-7(2)8(3)10;2*1-2/h7H,4-6H2,1-3H3;2*1-2H3. The van der Waals surface area contributed by atoms with Crippen LogP contribution in [0.15, 0.2) is 0 Å². The highest BCUT2D eigenvalue weighted by atomic mass is 16.1. The zero-order valence-corrected chi connectivity index (χ0v) is 11.5. The Hall–Kier alpha value is -0.660. The molecule has 0 saturated heterocycles. The van der Waals surface area contributed by atoms with Gasteiger partial charge in [-0.15, -0.1) is 0 Å². The van der Waals surface area contributed by atoms with E-state index in [0.29, 0.717) is 12.8 Å². The number of carbonyl (C=O) groups excluding carboxylic acids is 2. The Morgan fingerprint density at radius 2 is 1.47 bits per heavy atom. The van der Waals surface area contributed by atoms with E-state index in [2.05, 4.69) is 0 Å². The van der Waals surface area contributed by atoms with Crippen molar-refractivity contribution in [3.8, 4) is 0 Å². The van der Waals surface area contributed by atoms with Gasteiger partial charge < -0.3 is 0 Å². The van der Waals surface area contributed by atoms with Crippen molar-refractivity contribution in [2.45, 2.75) is 67.7 Å². The third-order valence-electron chi connectivity index (χ3n) is 1.76. The van der Waals surface area contributed by atoms with Crippen LogP contribution >= 0.6 is 0 Å². The maximum Gasteiger partial charge on any atom is 0.133 e. The monoisotopic (exact) mass is 216 g/mol. The van der Waals surface area contributed by atoms with E-state index in [-0.39, 0.29) is 17.5 Å². The first-order chi connectivity index (χ1) is 7.07. The lowest BCUT2D eigenvalue weighted by molar-refractivity contribution is -0.126. The molecule has 0 radical (unpaired) electrons. The molecule has 0 aromatic carbocycles. The van der Waals surface area contributed by atoms with Gasteiger partial charge in [-0.25, -0.2) is 0 Å². The van der Waals surface area contributed by atoms with Crippen molar-refractivity contribution in [1.29, 1.82) is 0 Å². The van der Waals surface area contributed by atoms with Crippen LogP contribution in [0.4, 0.5) is 0 Å². The summed E-state index contributed by atoms with van der Waals surface area (Å²) in [7, 11) is 0. The minimum atomic E-state index is -0.0888. The van der Waals surface area contributed by atoms with E-state index in [1.165, 1.54) is 6.92 Å². The molecule has 0 saturated carbocycles. The van der Waals surface area contributed by atoms with E-state index in [1.807, 2.05) is 34.6 Å². The molecule has 1 unspecified atom stereocenters. The number of ketones is 2. The Labute approximate surface area is 95.5 Å². The number of rotatable bonds is 5. The van der Waals surface area contributed by atoms with Crippen LogP contribution in [0.2, 0.25) is 0 Å². The molecular formula is C13H28O2. The Morgan fingerprint density at radius 3 is 1.73 bits per heavy atom. The summed E-state index contributed by atoms with van der Waals surface area (Å²) in [6, 6.07) is 0. The van der Waals surface area contributed by atoms with Gasteiger partial charge in [-0.1, -0.05) is 41.5 Å². The molecule has 15 heavy (non-hydrogen) atoms. The van der Waals surface area contributed by atoms with Crippen molar-refractivity contribution < 1.29 is 9.59 Å². The van der Waals surface area contributed by atoms with E-state index < -0.39 is 0 Å². The van der Waals surface area contributed by atoms with E-state index in [4.69, 9.17) is 0 Å². The van der Waals surface area contributed by atoms with E-state index in [9.17, 15) is 9.59 Å². The molecule has 92 valence electrons. The van der Waals surface area contributed by atoms with Crippen molar-refractivity contribution in [3.63, 3.8) is 0 Å². The number of carbonyl (C=O) groups is 2. The summed E-state index contributed by atoms with van der Waals surface area (Å²) < 4.78 is 0. The summed E-state index contributed by atoms with van der Waals surface area (Å²) in [4.78, 5) is 21.7. The molecule has 0 aliphatic carbocycles. The van der Waals surface area contributed by atoms with Crippen molar-refractivity contribution in [3.05, 3.63) is 0 Å². The van der Waals surface area contributed by atoms with Gasteiger partial charge in [0.2, 0.25) is 0 Å². The predicted octanol–water partition coefficient (Wildman–Crippen LogP) is 4.02. The maximum absolute atomic E-state index is 11.0. The van der Waals surface area contributed by atoms with Gasteiger partial charge >= 0.3 is 0 Å². The molecule has 1 atom stereocenters. The number of hydrogen-bond acceptors (Lipinski definition) is 2. The molecule has 0 aliphatic rings. The van der Waals surface area contributed by atoms with Gasteiger partial charge in [0.15, 0.2) is 0 Å². The fraction of sp³-hybridized carbons (Fsp3) is 0.846.